The molecule has 0 fully saturated rings. The molecule has 3 aromatic heterocycles. The van der Waals surface area contributed by atoms with Gasteiger partial charge in [-0.15, -0.1) is 15.3 Å². The fraction of sp³-hybridized carbons (Fsp3) is 0.160. The number of carbonyl (C=O) groups is 1. The summed E-state index contributed by atoms with van der Waals surface area (Å²) < 4.78 is 18.0. The number of nitrogens with one attached hydrogen (secondary N) is 1. The van der Waals surface area contributed by atoms with Crippen molar-refractivity contribution in [2.24, 2.45) is 0 Å². The molecular weight excluding hydrogens is 448 g/mol. The van der Waals surface area contributed by atoms with Gasteiger partial charge in [-0.3, -0.25) is 4.79 Å². The fourth-order valence-electron chi connectivity index (χ4n) is 3.61. The van der Waals surface area contributed by atoms with Gasteiger partial charge in [-0.2, -0.15) is 4.52 Å². The topological polar surface area (TPSA) is 113 Å². The first kappa shape index (κ1) is 22.1. The average Bonchev–Trinajstić information content (AvgIpc) is 3.33. The third-order valence-electron chi connectivity index (χ3n) is 5.35. The minimum atomic E-state index is -0.266. The fourth-order valence-corrected chi connectivity index (χ4v) is 3.61. The smallest absolute Gasteiger partial charge is 0.270 e. The van der Waals surface area contributed by atoms with Crippen LogP contribution in [0.15, 0.2) is 66.7 Å². The van der Waals surface area contributed by atoms with Gasteiger partial charge in [0.2, 0.25) is 5.88 Å². The molecule has 1 N–H and O–H groups in total. The van der Waals surface area contributed by atoms with Crippen LogP contribution in [0.2, 0.25) is 0 Å². The Labute approximate surface area is 200 Å². The van der Waals surface area contributed by atoms with Crippen LogP contribution in [-0.2, 0) is 0 Å². The Bertz CT molecular complexity index is 1520. The second-order valence-corrected chi connectivity index (χ2v) is 7.53. The SMILES string of the molecule is COc1ccc(-c2nnc3ccc(OCCNC(=O)c4ccc5ccccc5n4)nn23)cc1OC. The molecule has 0 unspecified atom stereocenters. The van der Waals surface area contributed by atoms with E-state index in [2.05, 4.69) is 25.6 Å². The first-order chi connectivity index (χ1) is 17.2. The van der Waals surface area contributed by atoms with E-state index < -0.39 is 0 Å². The van der Waals surface area contributed by atoms with Gasteiger partial charge in [0.25, 0.3) is 5.91 Å². The molecule has 0 saturated carbocycles. The molecule has 0 bridgehead atoms. The van der Waals surface area contributed by atoms with Crippen molar-refractivity contribution < 1.29 is 19.0 Å². The maximum Gasteiger partial charge on any atom is 0.270 e. The van der Waals surface area contributed by atoms with E-state index >= 15 is 0 Å². The predicted octanol–water partition coefficient (Wildman–Crippen LogP) is 3.17. The number of rotatable bonds is 8. The molecule has 2 aromatic carbocycles. The van der Waals surface area contributed by atoms with Crippen molar-refractivity contribution in [3.8, 4) is 28.8 Å². The Morgan fingerprint density at radius 3 is 2.66 bits per heavy atom. The average molecular weight is 470 g/mol. The summed E-state index contributed by atoms with van der Waals surface area (Å²) in [7, 11) is 3.15. The van der Waals surface area contributed by atoms with Crippen LogP contribution in [0.1, 0.15) is 10.5 Å². The Balaban J connectivity index is 1.25. The number of pyridine rings is 1. The van der Waals surface area contributed by atoms with E-state index in [0.29, 0.717) is 34.5 Å². The normalized spacial score (nSPS) is 10.9. The summed E-state index contributed by atoms with van der Waals surface area (Å²) in [4.78, 5) is 16.9. The summed E-state index contributed by atoms with van der Waals surface area (Å²) in [6.07, 6.45) is 0. The van der Waals surface area contributed by atoms with Crippen molar-refractivity contribution in [1.82, 2.24) is 30.1 Å². The summed E-state index contributed by atoms with van der Waals surface area (Å²) in [5.74, 6) is 1.82. The number of fused-ring (bicyclic) bond motifs is 2. The Morgan fingerprint density at radius 2 is 1.80 bits per heavy atom. The van der Waals surface area contributed by atoms with E-state index in [-0.39, 0.29) is 19.1 Å². The van der Waals surface area contributed by atoms with Crippen molar-refractivity contribution in [3.63, 3.8) is 0 Å². The number of nitrogens with zero attached hydrogens (tertiary/aromatic N) is 5. The number of ether oxygens (including phenoxy) is 3. The molecule has 0 atom stereocenters. The number of amides is 1. The first-order valence-corrected chi connectivity index (χ1v) is 10.9. The van der Waals surface area contributed by atoms with E-state index in [1.165, 1.54) is 0 Å². The Hall–Kier alpha value is -4.73. The quantitative estimate of drug-likeness (QED) is 0.344. The molecule has 10 nitrogen and oxygen atoms in total. The van der Waals surface area contributed by atoms with Crippen LogP contribution in [0.25, 0.3) is 27.9 Å². The number of aromatic nitrogens is 5. The van der Waals surface area contributed by atoms with Gasteiger partial charge in [0, 0.05) is 17.0 Å². The lowest BCUT2D eigenvalue weighted by molar-refractivity contribution is 0.0942. The summed E-state index contributed by atoms with van der Waals surface area (Å²) in [6.45, 7) is 0.517. The molecule has 0 aliphatic carbocycles. The summed E-state index contributed by atoms with van der Waals surface area (Å²) in [5.41, 5.74) is 2.45. The summed E-state index contributed by atoms with van der Waals surface area (Å²) >= 11 is 0. The van der Waals surface area contributed by atoms with Gasteiger partial charge in [0.1, 0.15) is 12.3 Å². The second kappa shape index (κ2) is 9.64. The molecule has 35 heavy (non-hydrogen) atoms. The standard InChI is InChI=1S/C25H22N6O4/c1-33-20-10-8-17(15-21(20)34-2)24-29-28-22-11-12-23(30-31(22)24)35-14-13-26-25(32)19-9-7-16-5-3-4-6-18(16)27-19/h3-12,15H,13-14H2,1-2H3,(H,26,32). The van der Waals surface area contributed by atoms with Gasteiger partial charge in [0.05, 0.1) is 26.3 Å². The molecule has 0 aliphatic rings. The van der Waals surface area contributed by atoms with E-state index in [1.807, 2.05) is 36.4 Å². The summed E-state index contributed by atoms with van der Waals surface area (Å²) in [6, 6.07) is 20.1. The maximum atomic E-state index is 12.5. The number of hydrogen-bond donors (Lipinski definition) is 1. The molecular formula is C25H22N6O4. The molecule has 1 amide bonds. The monoisotopic (exact) mass is 470 g/mol. The largest absolute Gasteiger partial charge is 0.493 e. The van der Waals surface area contributed by atoms with Crippen molar-refractivity contribution in [2.75, 3.05) is 27.4 Å². The molecule has 0 aliphatic heterocycles. The zero-order valence-corrected chi connectivity index (χ0v) is 19.1. The number of para-hydroxylation sites is 1. The summed E-state index contributed by atoms with van der Waals surface area (Å²) in [5, 5.41) is 16.7. The van der Waals surface area contributed by atoms with Crippen LogP contribution < -0.4 is 19.5 Å². The first-order valence-electron chi connectivity index (χ1n) is 10.9. The van der Waals surface area contributed by atoms with Crippen LogP contribution in [0.3, 0.4) is 0 Å². The molecule has 3 heterocycles. The van der Waals surface area contributed by atoms with Crippen molar-refractivity contribution in [3.05, 3.63) is 72.4 Å². The Morgan fingerprint density at radius 1 is 0.943 bits per heavy atom. The zero-order chi connectivity index (χ0) is 24.2. The van der Waals surface area contributed by atoms with E-state index in [9.17, 15) is 4.79 Å². The van der Waals surface area contributed by atoms with Crippen LogP contribution in [-0.4, -0.2) is 58.1 Å². The van der Waals surface area contributed by atoms with Gasteiger partial charge in [-0.25, -0.2) is 4.98 Å². The minimum Gasteiger partial charge on any atom is -0.493 e. The van der Waals surface area contributed by atoms with Crippen molar-refractivity contribution in [1.29, 1.82) is 0 Å². The minimum absolute atomic E-state index is 0.228. The van der Waals surface area contributed by atoms with Crippen LogP contribution in [0.4, 0.5) is 0 Å². The molecule has 0 spiro atoms. The number of hydrogen-bond acceptors (Lipinski definition) is 8. The lowest BCUT2D eigenvalue weighted by Gasteiger charge is -2.09. The molecule has 0 radical (unpaired) electrons. The molecule has 5 aromatic rings. The highest BCUT2D eigenvalue weighted by molar-refractivity contribution is 5.94. The van der Waals surface area contributed by atoms with Crippen molar-refractivity contribution >= 4 is 22.5 Å². The molecule has 176 valence electrons. The number of carbonyl (C=O) groups excluding carboxylic acids is 1. The van der Waals surface area contributed by atoms with Crippen molar-refractivity contribution in [2.45, 2.75) is 0 Å². The van der Waals surface area contributed by atoms with E-state index in [0.717, 1.165) is 16.5 Å². The van der Waals surface area contributed by atoms with Crippen LogP contribution in [0, 0.1) is 0 Å². The Kier molecular flexibility index (Phi) is 6.08. The lowest BCUT2D eigenvalue weighted by atomic mass is 10.2. The van der Waals surface area contributed by atoms with Gasteiger partial charge in [0.15, 0.2) is 23.0 Å². The second-order valence-electron chi connectivity index (χ2n) is 7.53. The highest BCUT2D eigenvalue weighted by Crippen LogP contribution is 2.31. The lowest BCUT2D eigenvalue weighted by Crippen LogP contribution is -2.28. The van der Waals surface area contributed by atoms with Gasteiger partial charge in [-0.05, 0) is 36.4 Å². The third kappa shape index (κ3) is 4.54. The van der Waals surface area contributed by atoms with Gasteiger partial charge < -0.3 is 19.5 Å². The van der Waals surface area contributed by atoms with Gasteiger partial charge >= 0.3 is 0 Å². The number of methoxy groups -OCH3 is 2. The number of benzene rings is 2. The molecule has 10 heteroatoms. The predicted molar refractivity (Wildman–Crippen MR) is 129 cm³/mol. The van der Waals surface area contributed by atoms with Crippen LogP contribution >= 0.6 is 0 Å². The molecule has 0 saturated heterocycles. The molecule has 5 rings (SSSR count). The highest BCUT2D eigenvalue weighted by atomic mass is 16.5. The highest BCUT2D eigenvalue weighted by Gasteiger charge is 2.14. The van der Waals surface area contributed by atoms with E-state index in [4.69, 9.17) is 14.2 Å². The van der Waals surface area contributed by atoms with E-state index in [1.54, 1.807) is 49.1 Å². The maximum absolute atomic E-state index is 12.5. The zero-order valence-electron chi connectivity index (χ0n) is 19.1. The third-order valence-corrected chi connectivity index (χ3v) is 5.35. The van der Waals surface area contributed by atoms with Crippen LogP contribution in [0.5, 0.6) is 17.4 Å². The van der Waals surface area contributed by atoms with Gasteiger partial charge in [-0.1, -0.05) is 24.3 Å².